The maximum absolute atomic E-state index is 12.0. The molecule has 1 aromatic carbocycles. The number of aromatic nitrogens is 2. The van der Waals surface area contributed by atoms with Gasteiger partial charge in [-0.05, 0) is 31.5 Å². The van der Waals surface area contributed by atoms with Gasteiger partial charge in [-0.15, -0.1) is 0 Å². The molecule has 7 nitrogen and oxygen atoms in total. The molecule has 0 bridgehead atoms. The predicted molar refractivity (Wildman–Crippen MR) is 86.2 cm³/mol. The number of aliphatic hydroxyl groups excluding tert-OH is 1. The van der Waals surface area contributed by atoms with Gasteiger partial charge in [0.15, 0.2) is 0 Å². The second-order valence-corrected chi connectivity index (χ2v) is 4.82. The number of nitrogens with zero attached hydrogens (tertiary/aromatic N) is 2. The molecule has 0 radical (unpaired) electrons. The molecule has 4 N–H and O–H groups in total. The van der Waals surface area contributed by atoms with E-state index in [0.717, 1.165) is 5.56 Å². The summed E-state index contributed by atoms with van der Waals surface area (Å²) in [6.45, 7) is 4.13. The van der Waals surface area contributed by atoms with Gasteiger partial charge in [-0.2, -0.15) is 4.98 Å². The number of rotatable bonds is 5. The van der Waals surface area contributed by atoms with E-state index in [9.17, 15) is 4.79 Å². The van der Waals surface area contributed by atoms with E-state index in [0.29, 0.717) is 23.7 Å². The molecule has 0 aliphatic rings. The maximum atomic E-state index is 12.0. The van der Waals surface area contributed by atoms with Crippen molar-refractivity contribution in [3.05, 3.63) is 41.6 Å². The highest BCUT2D eigenvalue weighted by molar-refractivity contribution is 5.98. The van der Waals surface area contributed by atoms with Crippen LogP contribution in [-0.4, -0.2) is 34.3 Å². The van der Waals surface area contributed by atoms with Crippen molar-refractivity contribution in [1.82, 2.24) is 9.97 Å². The molecule has 2 amide bonds. The first-order chi connectivity index (χ1) is 10.6. The van der Waals surface area contributed by atoms with Gasteiger partial charge in [-0.1, -0.05) is 12.1 Å². The van der Waals surface area contributed by atoms with Crippen LogP contribution in [-0.2, 0) is 0 Å². The van der Waals surface area contributed by atoms with Crippen LogP contribution in [0.25, 0.3) is 0 Å². The maximum Gasteiger partial charge on any atom is 0.326 e. The Kier molecular flexibility index (Phi) is 5.26. The standard InChI is InChI=1S/C15H19N5O2/c1-10-4-3-5-12(8-10)18-15(22)20-14-17-11(2)9-13(19-14)16-6-7-21/h3-5,8-9,21H,6-7H2,1-2H3,(H3,16,17,18,19,20,22). The van der Waals surface area contributed by atoms with Crippen molar-refractivity contribution < 1.29 is 9.90 Å². The second-order valence-electron chi connectivity index (χ2n) is 4.82. The van der Waals surface area contributed by atoms with Crippen molar-refractivity contribution in [2.45, 2.75) is 13.8 Å². The molecule has 0 spiro atoms. The van der Waals surface area contributed by atoms with E-state index in [1.165, 1.54) is 0 Å². The summed E-state index contributed by atoms with van der Waals surface area (Å²) in [6.07, 6.45) is 0. The van der Waals surface area contributed by atoms with Crippen molar-refractivity contribution in [2.24, 2.45) is 0 Å². The molecule has 1 heterocycles. The number of benzene rings is 1. The monoisotopic (exact) mass is 301 g/mol. The zero-order chi connectivity index (χ0) is 15.9. The summed E-state index contributed by atoms with van der Waals surface area (Å²) in [7, 11) is 0. The molecule has 0 unspecified atom stereocenters. The van der Waals surface area contributed by atoms with E-state index in [2.05, 4.69) is 25.9 Å². The van der Waals surface area contributed by atoms with Crippen LogP contribution in [0.3, 0.4) is 0 Å². The van der Waals surface area contributed by atoms with Gasteiger partial charge in [0.2, 0.25) is 5.95 Å². The molecule has 116 valence electrons. The summed E-state index contributed by atoms with van der Waals surface area (Å²) >= 11 is 0. The molecular formula is C15H19N5O2. The molecule has 2 aromatic rings. The second kappa shape index (κ2) is 7.37. The van der Waals surface area contributed by atoms with Crippen LogP contribution in [0.15, 0.2) is 30.3 Å². The van der Waals surface area contributed by atoms with Crippen LogP contribution >= 0.6 is 0 Å². The fourth-order valence-corrected chi connectivity index (χ4v) is 1.89. The fourth-order valence-electron chi connectivity index (χ4n) is 1.89. The number of urea groups is 1. The molecule has 0 aliphatic carbocycles. The minimum atomic E-state index is -0.413. The van der Waals surface area contributed by atoms with Gasteiger partial charge >= 0.3 is 6.03 Å². The van der Waals surface area contributed by atoms with Gasteiger partial charge in [-0.3, -0.25) is 5.32 Å². The first kappa shape index (κ1) is 15.7. The third kappa shape index (κ3) is 4.71. The predicted octanol–water partition coefficient (Wildman–Crippen LogP) is 2.14. The van der Waals surface area contributed by atoms with E-state index in [1.807, 2.05) is 25.1 Å². The number of nitrogens with one attached hydrogen (secondary N) is 3. The number of aliphatic hydroxyl groups is 1. The van der Waals surface area contributed by atoms with Crippen LogP contribution in [0.4, 0.5) is 22.2 Å². The Morgan fingerprint density at radius 3 is 2.73 bits per heavy atom. The van der Waals surface area contributed by atoms with Crippen LogP contribution in [0.5, 0.6) is 0 Å². The summed E-state index contributed by atoms with van der Waals surface area (Å²) in [5.74, 6) is 0.748. The average Bonchev–Trinajstić information content (AvgIpc) is 2.44. The van der Waals surface area contributed by atoms with Crippen LogP contribution in [0, 0.1) is 13.8 Å². The highest BCUT2D eigenvalue weighted by Gasteiger charge is 2.07. The smallest absolute Gasteiger partial charge is 0.326 e. The summed E-state index contributed by atoms with van der Waals surface area (Å²) < 4.78 is 0. The molecule has 0 fully saturated rings. The Bertz CT molecular complexity index is 660. The van der Waals surface area contributed by atoms with Crippen molar-refractivity contribution >= 4 is 23.5 Å². The zero-order valence-electron chi connectivity index (χ0n) is 12.6. The molecule has 1 aromatic heterocycles. The molecule has 22 heavy (non-hydrogen) atoms. The van der Waals surface area contributed by atoms with E-state index in [1.54, 1.807) is 19.1 Å². The number of hydrogen-bond acceptors (Lipinski definition) is 5. The van der Waals surface area contributed by atoms with E-state index >= 15 is 0 Å². The Hall–Kier alpha value is -2.67. The minimum Gasteiger partial charge on any atom is -0.395 e. The summed E-state index contributed by atoms with van der Waals surface area (Å²) in [4.78, 5) is 20.3. The van der Waals surface area contributed by atoms with E-state index in [-0.39, 0.29) is 12.6 Å². The van der Waals surface area contributed by atoms with Gasteiger partial charge in [-0.25, -0.2) is 9.78 Å². The van der Waals surface area contributed by atoms with Gasteiger partial charge in [0.1, 0.15) is 5.82 Å². The average molecular weight is 301 g/mol. The number of amides is 2. The quantitative estimate of drug-likeness (QED) is 0.678. The lowest BCUT2D eigenvalue weighted by Crippen LogP contribution is -2.21. The van der Waals surface area contributed by atoms with Crippen molar-refractivity contribution in [2.75, 3.05) is 29.1 Å². The minimum absolute atomic E-state index is 0.000341. The van der Waals surface area contributed by atoms with Crippen molar-refractivity contribution in [3.63, 3.8) is 0 Å². The number of anilines is 3. The number of aryl methyl sites for hydroxylation is 2. The van der Waals surface area contributed by atoms with E-state index < -0.39 is 6.03 Å². The molecule has 0 atom stereocenters. The Morgan fingerprint density at radius 1 is 1.18 bits per heavy atom. The molecule has 0 aliphatic heterocycles. The molecule has 2 rings (SSSR count). The SMILES string of the molecule is Cc1cccc(NC(=O)Nc2nc(C)cc(NCCO)n2)c1. The lowest BCUT2D eigenvalue weighted by molar-refractivity contribution is 0.262. The van der Waals surface area contributed by atoms with Gasteiger partial charge in [0.25, 0.3) is 0 Å². The van der Waals surface area contributed by atoms with Crippen LogP contribution in [0.1, 0.15) is 11.3 Å². The Balaban J connectivity index is 2.03. The third-order valence-electron chi connectivity index (χ3n) is 2.77. The highest BCUT2D eigenvalue weighted by atomic mass is 16.3. The van der Waals surface area contributed by atoms with Crippen LogP contribution in [0.2, 0.25) is 0 Å². The first-order valence-electron chi connectivity index (χ1n) is 6.92. The number of carbonyl (C=O) groups excluding carboxylic acids is 1. The molecule has 7 heteroatoms. The van der Waals surface area contributed by atoms with Crippen LogP contribution < -0.4 is 16.0 Å². The lowest BCUT2D eigenvalue weighted by atomic mass is 10.2. The largest absolute Gasteiger partial charge is 0.395 e. The Labute approximate surface area is 128 Å². The van der Waals surface area contributed by atoms with Gasteiger partial charge < -0.3 is 15.7 Å². The number of carbonyl (C=O) groups is 1. The number of hydrogen-bond donors (Lipinski definition) is 4. The Morgan fingerprint density at radius 2 is 2.00 bits per heavy atom. The first-order valence-corrected chi connectivity index (χ1v) is 6.92. The summed E-state index contributed by atoms with van der Waals surface area (Å²) in [5.41, 5.74) is 2.46. The molecule has 0 saturated carbocycles. The van der Waals surface area contributed by atoms with Crippen molar-refractivity contribution in [3.8, 4) is 0 Å². The van der Waals surface area contributed by atoms with Gasteiger partial charge in [0, 0.05) is 24.0 Å². The fraction of sp³-hybridized carbons (Fsp3) is 0.267. The lowest BCUT2D eigenvalue weighted by Gasteiger charge is -2.09. The topological polar surface area (TPSA) is 99.2 Å². The zero-order valence-corrected chi connectivity index (χ0v) is 12.6. The van der Waals surface area contributed by atoms with E-state index in [4.69, 9.17) is 5.11 Å². The van der Waals surface area contributed by atoms with Crippen molar-refractivity contribution in [1.29, 1.82) is 0 Å². The summed E-state index contributed by atoms with van der Waals surface area (Å²) in [5, 5.41) is 17.1. The highest BCUT2D eigenvalue weighted by Crippen LogP contribution is 2.12. The molecule has 0 saturated heterocycles. The van der Waals surface area contributed by atoms with Gasteiger partial charge in [0.05, 0.1) is 6.61 Å². The third-order valence-corrected chi connectivity index (χ3v) is 2.77. The molecular weight excluding hydrogens is 282 g/mol. The summed E-state index contributed by atoms with van der Waals surface area (Å²) in [6, 6.07) is 8.81. The normalized spacial score (nSPS) is 10.1.